The predicted molar refractivity (Wildman–Crippen MR) is 175 cm³/mol. The molecule has 2 aromatic heterocycles. The largest absolute Gasteiger partial charge is 0.349 e. The van der Waals surface area contributed by atoms with Gasteiger partial charge in [0.1, 0.15) is 0 Å². The minimum absolute atomic E-state index is 0.904. The standard InChI is InChI=1S/C39H32N4/c1-3-30(23-40-17-1)19-28-5-9-32(10-6-28)34-13-15-38-36(21-34)25-42-27-43(38)26-37-22-35(14-16-39(37)42)33-11-7-29(8-12-33)20-31-4-2-18-41-24-31/h1-18,21-24H,19-20,25-27H2. The van der Waals surface area contributed by atoms with Gasteiger partial charge < -0.3 is 9.80 Å². The highest BCUT2D eigenvalue weighted by atomic mass is 15.4. The van der Waals surface area contributed by atoms with E-state index < -0.39 is 0 Å². The van der Waals surface area contributed by atoms with Crippen molar-refractivity contribution in [1.29, 1.82) is 0 Å². The van der Waals surface area contributed by atoms with Gasteiger partial charge in [0.2, 0.25) is 0 Å². The normalized spacial score (nSPS) is 13.4. The second-order valence-electron chi connectivity index (χ2n) is 11.7. The molecule has 0 radical (unpaired) electrons. The van der Waals surface area contributed by atoms with Crippen LogP contribution in [-0.4, -0.2) is 16.6 Å². The van der Waals surface area contributed by atoms with E-state index in [0.29, 0.717) is 0 Å². The van der Waals surface area contributed by atoms with Gasteiger partial charge in [-0.25, -0.2) is 0 Å². The van der Waals surface area contributed by atoms with Crippen molar-refractivity contribution in [3.8, 4) is 22.3 Å². The molecule has 0 fully saturated rings. The summed E-state index contributed by atoms with van der Waals surface area (Å²) in [6, 6.07) is 40.2. The van der Waals surface area contributed by atoms with Crippen LogP contribution >= 0.6 is 0 Å². The van der Waals surface area contributed by atoms with E-state index in [9.17, 15) is 0 Å². The molecule has 6 aromatic rings. The molecule has 0 saturated carbocycles. The second-order valence-corrected chi connectivity index (χ2v) is 11.7. The van der Waals surface area contributed by atoms with E-state index in [-0.39, 0.29) is 0 Å². The zero-order chi connectivity index (χ0) is 28.6. The minimum atomic E-state index is 0.904. The van der Waals surface area contributed by atoms with E-state index in [4.69, 9.17) is 0 Å². The Morgan fingerprint density at radius 3 is 1.33 bits per heavy atom. The molecular formula is C39H32N4. The molecule has 2 aliphatic heterocycles. The van der Waals surface area contributed by atoms with Crippen LogP contribution in [0.25, 0.3) is 22.3 Å². The lowest BCUT2D eigenvalue weighted by molar-refractivity contribution is 0.651. The number of hydrogen-bond acceptors (Lipinski definition) is 4. The van der Waals surface area contributed by atoms with Crippen LogP contribution in [0.5, 0.6) is 0 Å². The fourth-order valence-electron chi connectivity index (χ4n) is 6.55. The average molecular weight is 557 g/mol. The van der Waals surface area contributed by atoms with Crippen molar-refractivity contribution in [3.63, 3.8) is 0 Å². The molecule has 2 aliphatic rings. The highest BCUT2D eigenvalue weighted by Gasteiger charge is 2.29. The minimum Gasteiger partial charge on any atom is -0.349 e. The summed E-state index contributed by atoms with van der Waals surface area (Å²) in [5.41, 5.74) is 15.6. The molecule has 0 spiro atoms. The van der Waals surface area contributed by atoms with Crippen LogP contribution in [0, 0.1) is 0 Å². The van der Waals surface area contributed by atoms with Crippen molar-refractivity contribution >= 4 is 11.4 Å². The fraction of sp³-hybridized carbons (Fsp3) is 0.128. The number of fused-ring (bicyclic) bond motifs is 6. The van der Waals surface area contributed by atoms with E-state index in [1.807, 2.05) is 36.9 Å². The summed E-state index contributed by atoms with van der Waals surface area (Å²) < 4.78 is 0. The number of pyridine rings is 2. The quantitative estimate of drug-likeness (QED) is 0.207. The average Bonchev–Trinajstić information content (AvgIpc) is 3.06. The zero-order valence-corrected chi connectivity index (χ0v) is 24.0. The first kappa shape index (κ1) is 25.5. The van der Waals surface area contributed by atoms with Gasteiger partial charge in [-0.2, -0.15) is 0 Å². The van der Waals surface area contributed by atoms with Crippen LogP contribution in [0.3, 0.4) is 0 Å². The first-order valence-electron chi connectivity index (χ1n) is 15.0. The molecule has 0 saturated heterocycles. The SMILES string of the molecule is c1cncc(Cc2ccc(-c3ccc4c(c3)CN3CN4Cc4cc(-c5ccc(Cc6cccnc6)cc5)ccc43)cc2)c1. The van der Waals surface area contributed by atoms with Gasteiger partial charge in [0.05, 0.1) is 6.67 Å². The molecule has 4 heteroatoms. The van der Waals surface area contributed by atoms with Crippen LogP contribution < -0.4 is 9.80 Å². The molecule has 208 valence electrons. The predicted octanol–water partition coefficient (Wildman–Crippen LogP) is 8.29. The summed E-state index contributed by atoms with van der Waals surface area (Å²) in [6.45, 7) is 2.78. The van der Waals surface area contributed by atoms with Gasteiger partial charge in [0, 0.05) is 49.3 Å². The topological polar surface area (TPSA) is 32.3 Å². The van der Waals surface area contributed by atoms with Gasteiger partial charge in [0.15, 0.2) is 0 Å². The summed E-state index contributed by atoms with van der Waals surface area (Å²) in [5, 5.41) is 0. The van der Waals surface area contributed by atoms with E-state index in [0.717, 1.165) is 32.6 Å². The molecule has 0 aliphatic carbocycles. The third-order valence-corrected chi connectivity index (χ3v) is 8.74. The molecule has 2 bridgehead atoms. The summed E-state index contributed by atoms with van der Waals surface area (Å²) in [6.07, 6.45) is 9.35. The Bertz CT molecular complexity index is 1740. The van der Waals surface area contributed by atoms with Crippen LogP contribution in [0.4, 0.5) is 11.4 Å². The molecule has 8 rings (SSSR count). The van der Waals surface area contributed by atoms with Crippen molar-refractivity contribution in [3.05, 3.63) is 167 Å². The van der Waals surface area contributed by atoms with Crippen molar-refractivity contribution in [2.45, 2.75) is 25.9 Å². The maximum absolute atomic E-state index is 4.25. The van der Waals surface area contributed by atoms with Crippen LogP contribution in [0.1, 0.15) is 33.4 Å². The molecule has 4 heterocycles. The van der Waals surface area contributed by atoms with E-state index in [1.54, 1.807) is 0 Å². The number of hydrogen-bond donors (Lipinski definition) is 0. The van der Waals surface area contributed by atoms with Gasteiger partial charge in [-0.1, -0.05) is 72.8 Å². The van der Waals surface area contributed by atoms with E-state index >= 15 is 0 Å². The third kappa shape index (κ3) is 5.17. The maximum atomic E-state index is 4.25. The van der Waals surface area contributed by atoms with Crippen molar-refractivity contribution in [2.24, 2.45) is 0 Å². The maximum Gasteiger partial charge on any atom is 0.0910 e. The Kier molecular flexibility index (Phi) is 6.45. The Labute approximate surface area is 252 Å². The second kappa shape index (κ2) is 10.9. The van der Waals surface area contributed by atoms with Crippen molar-refractivity contribution < 1.29 is 0 Å². The number of aromatic nitrogens is 2. The first-order chi connectivity index (χ1) is 21.2. The van der Waals surface area contributed by atoms with Crippen molar-refractivity contribution in [1.82, 2.24) is 9.97 Å². The lowest BCUT2D eigenvalue weighted by atomic mass is 9.94. The monoisotopic (exact) mass is 556 g/mol. The Balaban J connectivity index is 0.997. The molecule has 0 atom stereocenters. The van der Waals surface area contributed by atoms with Gasteiger partial charge in [0.25, 0.3) is 0 Å². The molecular weight excluding hydrogens is 524 g/mol. The first-order valence-corrected chi connectivity index (χ1v) is 15.0. The highest BCUT2D eigenvalue weighted by molar-refractivity contribution is 5.76. The number of nitrogens with zero attached hydrogens (tertiary/aromatic N) is 4. The Morgan fingerprint density at radius 1 is 0.465 bits per heavy atom. The molecule has 43 heavy (non-hydrogen) atoms. The number of anilines is 2. The third-order valence-electron chi connectivity index (χ3n) is 8.74. The summed E-state index contributed by atoms with van der Waals surface area (Å²) in [7, 11) is 0. The molecule has 0 amide bonds. The smallest absolute Gasteiger partial charge is 0.0910 e. The van der Waals surface area contributed by atoms with E-state index in [2.05, 4.69) is 117 Å². The summed E-state index contributed by atoms with van der Waals surface area (Å²) >= 11 is 0. The van der Waals surface area contributed by atoms with Crippen LogP contribution in [-0.2, 0) is 25.9 Å². The van der Waals surface area contributed by atoms with Gasteiger partial charge in [-0.15, -0.1) is 0 Å². The Morgan fingerprint density at radius 2 is 0.907 bits per heavy atom. The molecule has 4 nitrogen and oxygen atoms in total. The fourth-order valence-corrected chi connectivity index (χ4v) is 6.55. The summed E-state index contributed by atoms with van der Waals surface area (Å²) in [4.78, 5) is 13.5. The van der Waals surface area contributed by atoms with E-state index in [1.165, 1.54) is 67.0 Å². The van der Waals surface area contributed by atoms with Crippen LogP contribution in [0.15, 0.2) is 134 Å². The highest BCUT2D eigenvalue weighted by Crippen LogP contribution is 2.40. The van der Waals surface area contributed by atoms with Gasteiger partial charge >= 0.3 is 0 Å². The zero-order valence-electron chi connectivity index (χ0n) is 24.0. The molecule has 0 N–H and O–H groups in total. The van der Waals surface area contributed by atoms with Gasteiger partial charge in [-0.3, -0.25) is 9.97 Å². The lowest BCUT2D eigenvalue weighted by Crippen LogP contribution is -2.46. The number of benzene rings is 4. The van der Waals surface area contributed by atoms with Crippen molar-refractivity contribution in [2.75, 3.05) is 16.5 Å². The Hall–Kier alpha value is -5.22. The molecule has 0 unspecified atom stereocenters. The van der Waals surface area contributed by atoms with Crippen LogP contribution in [0.2, 0.25) is 0 Å². The molecule has 4 aromatic carbocycles. The number of rotatable bonds is 6. The van der Waals surface area contributed by atoms with Gasteiger partial charge in [-0.05, 0) is 105 Å². The summed E-state index contributed by atoms with van der Waals surface area (Å²) in [5.74, 6) is 0. The lowest BCUT2D eigenvalue weighted by Gasteiger charge is -2.45.